The molecule has 0 unspecified atom stereocenters. The minimum Gasteiger partial charge on any atom is -0.618 e. The minimum absolute atomic E-state index is 0.149. The summed E-state index contributed by atoms with van der Waals surface area (Å²) in [5, 5.41) is 18.8. The number of nitrogens with one attached hydrogen (secondary N) is 2. The number of aryl methyl sites for hydroxylation is 1. The van der Waals surface area contributed by atoms with Crippen LogP contribution in [0.2, 0.25) is 0 Å². The van der Waals surface area contributed by atoms with Gasteiger partial charge in [0.1, 0.15) is 6.04 Å². The van der Waals surface area contributed by atoms with Crippen LogP contribution >= 0.6 is 0 Å². The van der Waals surface area contributed by atoms with Crippen molar-refractivity contribution in [3.8, 4) is 0 Å². The highest BCUT2D eigenvalue weighted by Crippen LogP contribution is 2.29. The molecule has 0 bridgehead atoms. The Balaban J connectivity index is 1.72. The van der Waals surface area contributed by atoms with Gasteiger partial charge < -0.3 is 20.7 Å². The van der Waals surface area contributed by atoms with Crippen molar-refractivity contribution in [2.75, 3.05) is 11.9 Å². The van der Waals surface area contributed by atoms with E-state index in [4.69, 9.17) is 0 Å². The third-order valence-corrected chi connectivity index (χ3v) is 5.92. The van der Waals surface area contributed by atoms with E-state index in [1.807, 2.05) is 42.5 Å². The molecule has 3 aromatic rings. The van der Waals surface area contributed by atoms with Crippen LogP contribution in [0.3, 0.4) is 0 Å². The van der Waals surface area contributed by atoms with Crippen molar-refractivity contribution in [1.82, 2.24) is 10.6 Å². The van der Waals surface area contributed by atoms with Crippen LogP contribution in [0.15, 0.2) is 60.8 Å². The standard InChI is InChI=1S/C24H26N4O3/c1-16(25-2)23(29)26-20-12-11-17-7-3-5-9-21(17)27(24(20)30)15-18-13-14-28(31)22-10-6-4-8-19(18)22/h3-10,13-14,16,20,25H,11-12,15H2,1-2H3,(H,26,29)/t16-,20-/m0/s1. The molecule has 7 nitrogen and oxygen atoms in total. The predicted molar refractivity (Wildman–Crippen MR) is 119 cm³/mol. The summed E-state index contributed by atoms with van der Waals surface area (Å²) in [5.41, 5.74) is 3.34. The first kappa shape index (κ1) is 20.8. The quantitative estimate of drug-likeness (QED) is 0.490. The van der Waals surface area contributed by atoms with Gasteiger partial charge in [0.2, 0.25) is 17.3 Å². The largest absolute Gasteiger partial charge is 0.618 e. The maximum absolute atomic E-state index is 13.6. The number of fused-ring (bicyclic) bond motifs is 2. The second-order valence-corrected chi connectivity index (χ2v) is 7.85. The zero-order valence-corrected chi connectivity index (χ0v) is 17.7. The van der Waals surface area contributed by atoms with Gasteiger partial charge in [-0.05, 0) is 50.1 Å². The van der Waals surface area contributed by atoms with E-state index in [1.165, 1.54) is 6.20 Å². The van der Waals surface area contributed by atoms with Crippen molar-refractivity contribution in [3.05, 3.63) is 77.1 Å². The summed E-state index contributed by atoms with van der Waals surface area (Å²) >= 11 is 0. The van der Waals surface area contributed by atoms with Crippen molar-refractivity contribution < 1.29 is 14.3 Å². The zero-order chi connectivity index (χ0) is 22.0. The number of hydrogen-bond donors (Lipinski definition) is 2. The topological polar surface area (TPSA) is 88.4 Å². The molecule has 1 aliphatic heterocycles. The van der Waals surface area contributed by atoms with Gasteiger partial charge in [0.05, 0.1) is 18.0 Å². The molecule has 0 spiro atoms. The molecular formula is C24H26N4O3. The first-order chi connectivity index (χ1) is 15.0. The molecule has 2 N–H and O–H groups in total. The number of nitrogens with zero attached hydrogens (tertiary/aromatic N) is 2. The molecule has 7 heteroatoms. The van der Waals surface area contributed by atoms with Crippen LogP contribution in [-0.2, 0) is 22.6 Å². The van der Waals surface area contributed by atoms with Crippen LogP contribution in [0.1, 0.15) is 24.5 Å². The van der Waals surface area contributed by atoms with E-state index >= 15 is 0 Å². The number of aromatic nitrogens is 1. The Hall–Kier alpha value is -3.45. The average molecular weight is 418 g/mol. The number of rotatable bonds is 5. The van der Waals surface area contributed by atoms with Gasteiger partial charge in [-0.15, -0.1) is 0 Å². The molecule has 0 saturated heterocycles. The molecule has 2 aromatic carbocycles. The van der Waals surface area contributed by atoms with Gasteiger partial charge >= 0.3 is 0 Å². The molecule has 1 aliphatic rings. The van der Waals surface area contributed by atoms with Crippen molar-refractivity contribution in [2.45, 2.75) is 38.4 Å². The van der Waals surface area contributed by atoms with Gasteiger partial charge in [-0.2, -0.15) is 4.73 Å². The van der Waals surface area contributed by atoms with Gasteiger partial charge in [0.15, 0.2) is 6.20 Å². The fraction of sp³-hybridized carbons (Fsp3) is 0.292. The Morgan fingerprint density at radius 2 is 1.94 bits per heavy atom. The number of carbonyl (C=O) groups excluding carboxylic acids is 2. The van der Waals surface area contributed by atoms with E-state index < -0.39 is 12.1 Å². The van der Waals surface area contributed by atoms with Crippen LogP contribution in [0.5, 0.6) is 0 Å². The second kappa shape index (κ2) is 8.73. The smallest absolute Gasteiger partial charge is 0.249 e. The molecule has 0 aliphatic carbocycles. The SMILES string of the molecule is CN[C@@H](C)C(=O)N[C@H]1CCc2ccccc2N(Cc2cc[n+]([O-])c3ccccc23)C1=O. The Morgan fingerprint density at radius 1 is 1.19 bits per heavy atom. The van der Waals surface area contributed by atoms with Crippen molar-refractivity contribution in [3.63, 3.8) is 0 Å². The summed E-state index contributed by atoms with van der Waals surface area (Å²) in [6, 6.07) is 15.9. The predicted octanol–water partition coefficient (Wildman–Crippen LogP) is 2.05. The molecule has 1 aromatic heterocycles. The maximum Gasteiger partial charge on any atom is 0.249 e. The number of para-hydroxylation sites is 2. The van der Waals surface area contributed by atoms with Gasteiger partial charge in [0.25, 0.3) is 0 Å². The number of carbonyl (C=O) groups is 2. The third kappa shape index (κ3) is 4.09. The molecule has 160 valence electrons. The normalized spacial score (nSPS) is 17.2. The monoisotopic (exact) mass is 418 g/mol. The highest BCUT2D eigenvalue weighted by atomic mass is 16.5. The van der Waals surface area contributed by atoms with E-state index in [-0.39, 0.29) is 11.8 Å². The van der Waals surface area contributed by atoms with Crippen molar-refractivity contribution >= 4 is 28.4 Å². The van der Waals surface area contributed by atoms with Crippen molar-refractivity contribution in [1.29, 1.82) is 0 Å². The number of likely N-dealkylation sites (N-methyl/N-ethyl adjacent to an activating group) is 1. The van der Waals surface area contributed by atoms with Gasteiger partial charge in [-0.3, -0.25) is 9.59 Å². The van der Waals surface area contributed by atoms with Gasteiger partial charge in [-0.1, -0.05) is 30.3 Å². The highest BCUT2D eigenvalue weighted by Gasteiger charge is 2.32. The lowest BCUT2D eigenvalue weighted by Crippen LogP contribution is -2.52. The third-order valence-electron chi connectivity index (χ3n) is 5.92. The molecule has 2 atom stereocenters. The molecule has 4 rings (SSSR count). The number of pyridine rings is 1. The molecular weight excluding hydrogens is 392 g/mol. The first-order valence-electron chi connectivity index (χ1n) is 10.5. The number of benzene rings is 2. The highest BCUT2D eigenvalue weighted by molar-refractivity contribution is 6.01. The molecule has 2 heterocycles. The summed E-state index contributed by atoms with van der Waals surface area (Å²) in [6.45, 7) is 2.07. The van der Waals surface area contributed by atoms with Gasteiger partial charge in [0, 0.05) is 17.8 Å². The van der Waals surface area contributed by atoms with Crippen LogP contribution in [0, 0.1) is 5.21 Å². The van der Waals surface area contributed by atoms with E-state index in [1.54, 1.807) is 31.0 Å². The molecule has 2 amide bonds. The summed E-state index contributed by atoms with van der Waals surface area (Å²) in [4.78, 5) is 27.8. The van der Waals surface area contributed by atoms with E-state index in [0.29, 0.717) is 24.9 Å². The van der Waals surface area contributed by atoms with Crippen molar-refractivity contribution in [2.24, 2.45) is 0 Å². The second-order valence-electron chi connectivity index (χ2n) is 7.85. The summed E-state index contributed by atoms with van der Waals surface area (Å²) in [6.07, 6.45) is 2.69. The summed E-state index contributed by atoms with van der Waals surface area (Å²) < 4.78 is 0.833. The molecule has 31 heavy (non-hydrogen) atoms. The fourth-order valence-corrected chi connectivity index (χ4v) is 4.01. The fourth-order valence-electron chi connectivity index (χ4n) is 4.01. The minimum atomic E-state index is -0.616. The van der Waals surface area contributed by atoms with Crippen LogP contribution in [-0.4, -0.2) is 30.9 Å². The lowest BCUT2D eigenvalue weighted by Gasteiger charge is -2.27. The van der Waals surface area contributed by atoms with E-state index in [2.05, 4.69) is 10.6 Å². The Labute approximate surface area is 181 Å². The average Bonchev–Trinajstić information content (AvgIpc) is 2.92. The van der Waals surface area contributed by atoms with E-state index in [0.717, 1.165) is 26.9 Å². The number of amides is 2. The Bertz CT molecular complexity index is 1130. The van der Waals surface area contributed by atoms with Gasteiger partial charge in [-0.25, -0.2) is 0 Å². The van der Waals surface area contributed by atoms with Crippen LogP contribution in [0.4, 0.5) is 5.69 Å². The Kier molecular flexibility index (Phi) is 5.86. The Morgan fingerprint density at radius 3 is 2.74 bits per heavy atom. The maximum atomic E-state index is 13.6. The molecule has 0 saturated carbocycles. The first-order valence-corrected chi connectivity index (χ1v) is 10.5. The van der Waals surface area contributed by atoms with Crippen LogP contribution < -0.4 is 20.3 Å². The lowest BCUT2D eigenvalue weighted by molar-refractivity contribution is -0.577. The zero-order valence-electron chi connectivity index (χ0n) is 17.7. The van der Waals surface area contributed by atoms with Crippen LogP contribution in [0.25, 0.3) is 10.9 Å². The van der Waals surface area contributed by atoms with E-state index in [9.17, 15) is 14.8 Å². The number of hydrogen-bond acceptors (Lipinski definition) is 4. The molecule has 0 radical (unpaired) electrons. The number of anilines is 1. The summed E-state index contributed by atoms with van der Waals surface area (Å²) in [7, 11) is 1.71. The molecule has 0 fully saturated rings. The lowest BCUT2D eigenvalue weighted by atomic mass is 10.1. The summed E-state index contributed by atoms with van der Waals surface area (Å²) in [5.74, 6) is -0.353.